The van der Waals surface area contributed by atoms with E-state index in [1.165, 1.54) is 11.0 Å². The molecular formula is C28H36FN3O6. The first-order chi connectivity index (χ1) is 17.9. The Morgan fingerprint density at radius 2 is 1.79 bits per heavy atom. The molecule has 2 aromatic rings. The second kappa shape index (κ2) is 11.7. The number of nitrogens with zero attached hydrogens (tertiary/aromatic N) is 1. The second-order valence-corrected chi connectivity index (χ2v) is 10.1. The van der Waals surface area contributed by atoms with Crippen molar-refractivity contribution in [2.75, 3.05) is 26.4 Å². The fraction of sp³-hybridized carbons (Fsp3) is 0.464. The van der Waals surface area contributed by atoms with E-state index in [1.54, 1.807) is 26.0 Å². The van der Waals surface area contributed by atoms with Crippen molar-refractivity contribution in [1.29, 1.82) is 5.41 Å². The smallest absolute Gasteiger partial charge is 0.217 e. The van der Waals surface area contributed by atoms with Crippen LogP contribution in [0.15, 0.2) is 18.2 Å². The number of nitrogens with two attached hydrogens (primary N) is 1. The minimum absolute atomic E-state index is 0.0440. The first-order valence-electron chi connectivity index (χ1n) is 12.7. The molecule has 10 heteroatoms. The number of phenolic OH excluding ortho intramolecular Hbond substituents is 1. The summed E-state index contributed by atoms with van der Waals surface area (Å²) in [4.78, 5) is 25.9. The minimum atomic E-state index is -0.681. The van der Waals surface area contributed by atoms with Crippen molar-refractivity contribution in [3.05, 3.63) is 46.3 Å². The molecule has 0 aromatic heterocycles. The van der Waals surface area contributed by atoms with Gasteiger partial charge in [0.1, 0.15) is 5.84 Å². The predicted octanol–water partition coefficient (Wildman–Crippen LogP) is 4.29. The average molecular weight is 530 g/mol. The topological polar surface area (TPSA) is 135 Å². The van der Waals surface area contributed by atoms with Crippen molar-refractivity contribution in [1.82, 2.24) is 4.90 Å². The third-order valence-corrected chi connectivity index (χ3v) is 6.14. The van der Waals surface area contributed by atoms with Crippen LogP contribution in [0.3, 0.4) is 0 Å². The van der Waals surface area contributed by atoms with Crippen LogP contribution < -0.4 is 19.9 Å². The van der Waals surface area contributed by atoms with Gasteiger partial charge in [0, 0.05) is 24.1 Å². The quantitative estimate of drug-likeness (QED) is 0.276. The number of hydrogen-bond donors (Lipinski definition) is 3. The molecule has 3 rings (SSSR count). The number of carbonyl (C=O) groups is 2. The van der Waals surface area contributed by atoms with Gasteiger partial charge < -0.3 is 30.0 Å². The average Bonchev–Trinajstić information content (AvgIpc) is 3.14. The van der Waals surface area contributed by atoms with Gasteiger partial charge in [-0.1, -0.05) is 20.8 Å². The van der Waals surface area contributed by atoms with Gasteiger partial charge in [0.05, 0.1) is 31.9 Å². The molecule has 0 bridgehead atoms. The maximum absolute atomic E-state index is 15.4. The van der Waals surface area contributed by atoms with Gasteiger partial charge in [-0.25, -0.2) is 4.39 Å². The number of rotatable bonds is 12. The SMILES string of the molecule is CCOc1cc2c(c(F)c1OCC)C(=N)N(CC(=O)c1cc(OCCCC(N)=O)c(O)c(C(C)(C)C)c1)C2. The molecule has 0 saturated heterocycles. The molecule has 38 heavy (non-hydrogen) atoms. The molecule has 1 heterocycles. The molecule has 2 aromatic carbocycles. The number of primary amides is 1. The first kappa shape index (κ1) is 28.7. The molecule has 0 fully saturated rings. The molecule has 0 atom stereocenters. The van der Waals surface area contributed by atoms with E-state index in [9.17, 15) is 14.7 Å². The van der Waals surface area contributed by atoms with Gasteiger partial charge >= 0.3 is 0 Å². The molecular weight excluding hydrogens is 493 g/mol. The number of fused-ring (bicyclic) bond motifs is 1. The lowest BCUT2D eigenvalue weighted by atomic mass is 9.84. The number of benzene rings is 2. The molecule has 0 unspecified atom stereocenters. The lowest BCUT2D eigenvalue weighted by Gasteiger charge is -2.24. The normalized spacial score (nSPS) is 12.9. The minimum Gasteiger partial charge on any atom is -0.504 e. The highest BCUT2D eigenvalue weighted by Crippen LogP contribution is 2.41. The number of carbonyl (C=O) groups excluding carboxylic acids is 2. The highest BCUT2D eigenvalue weighted by Gasteiger charge is 2.33. The molecule has 0 spiro atoms. The Bertz CT molecular complexity index is 1240. The van der Waals surface area contributed by atoms with Crippen LogP contribution in [0.4, 0.5) is 4.39 Å². The molecule has 1 amide bonds. The van der Waals surface area contributed by atoms with Crippen LogP contribution in [0.2, 0.25) is 0 Å². The Balaban J connectivity index is 1.88. The van der Waals surface area contributed by atoms with Gasteiger partial charge in [-0.2, -0.15) is 0 Å². The highest BCUT2D eigenvalue weighted by atomic mass is 19.1. The number of nitrogens with one attached hydrogen (secondary N) is 1. The summed E-state index contributed by atoms with van der Waals surface area (Å²) in [5.74, 6) is -1.32. The fourth-order valence-corrected chi connectivity index (χ4v) is 4.30. The van der Waals surface area contributed by atoms with Crippen molar-refractivity contribution in [3.8, 4) is 23.0 Å². The van der Waals surface area contributed by atoms with Crippen molar-refractivity contribution >= 4 is 17.5 Å². The van der Waals surface area contributed by atoms with Gasteiger partial charge in [0.2, 0.25) is 5.91 Å². The van der Waals surface area contributed by atoms with Gasteiger partial charge in [-0.15, -0.1) is 0 Å². The molecule has 1 aliphatic rings. The van der Waals surface area contributed by atoms with Crippen LogP contribution in [0.5, 0.6) is 23.0 Å². The van der Waals surface area contributed by atoms with E-state index in [4.69, 9.17) is 25.4 Å². The second-order valence-electron chi connectivity index (χ2n) is 10.1. The zero-order chi connectivity index (χ0) is 28.2. The van der Waals surface area contributed by atoms with Crippen LogP contribution in [-0.2, 0) is 16.8 Å². The summed E-state index contributed by atoms with van der Waals surface area (Å²) in [6, 6.07) is 4.72. The highest BCUT2D eigenvalue weighted by molar-refractivity contribution is 6.06. The standard InChI is InChI=1S/C28H36FN3O6/c1-6-36-21-13-17-14-32(27(31)23(17)24(29)26(21)37-7-2)15-19(33)16-11-18(28(3,4)5)25(35)20(12-16)38-10-8-9-22(30)34/h11-13,31,35H,6-10,14-15H2,1-5H3,(H2,30,34). The fourth-order valence-electron chi connectivity index (χ4n) is 4.30. The zero-order valence-electron chi connectivity index (χ0n) is 22.6. The Hall–Kier alpha value is -3.82. The number of ketones is 1. The van der Waals surface area contributed by atoms with E-state index < -0.39 is 17.1 Å². The Kier molecular flexibility index (Phi) is 8.85. The molecule has 9 nitrogen and oxygen atoms in total. The maximum Gasteiger partial charge on any atom is 0.217 e. The predicted molar refractivity (Wildman–Crippen MR) is 141 cm³/mol. The molecule has 1 aliphatic heterocycles. The lowest BCUT2D eigenvalue weighted by Crippen LogP contribution is -2.30. The van der Waals surface area contributed by atoms with E-state index in [2.05, 4.69) is 0 Å². The van der Waals surface area contributed by atoms with E-state index in [-0.39, 0.29) is 78.5 Å². The number of hydrogen-bond acceptors (Lipinski definition) is 7. The summed E-state index contributed by atoms with van der Waals surface area (Å²) >= 11 is 0. The summed E-state index contributed by atoms with van der Waals surface area (Å²) in [6.45, 7) is 9.87. The number of amides is 1. The van der Waals surface area contributed by atoms with Gasteiger partial charge in [-0.3, -0.25) is 15.0 Å². The summed E-state index contributed by atoms with van der Waals surface area (Å²) in [7, 11) is 0. The van der Waals surface area contributed by atoms with Crippen molar-refractivity contribution in [3.63, 3.8) is 0 Å². The molecule has 206 valence electrons. The molecule has 0 saturated carbocycles. The zero-order valence-corrected chi connectivity index (χ0v) is 22.6. The van der Waals surface area contributed by atoms with E-state index in [0.29, 0.717) is 24.2 Å². The van der Waals surface area contributed by atoms with Crippen LogP contribution in [-0.4, -0.2) is 53.9 Å². The third-order valence-electron chi connectivity index (χ3n) is 6.14. The number of ether oxygens (including phenoxy) is 3. The summed E-state index contributed by atoms with van der Waals surface area (Å²) in [6.07, 6.45) is 0.496. The molecule has 0 aliphatic carbocycles. The summed E-state index contributed by atoms with van der Waals surface area (Å²) in [5.41, 5.74) is 6.09. The maximum atomic E-state index is 15.4. The van der Waals surface area contributed by atoms with Gasteiger partial charge in [-0.05, 0) is 49.4 Å². The molecule has 4 N–H and O–H groups in total. The Labute approximate surface area is 222 Å². The van der Waals surface area contributed by atoms with E-state index in [0.717, 1.165) is 0 Å². The van der Waals surface area contributed by atoms with Crippen molar-refractivity contribution in [2.45, 2.75) is 59.4 Å². The van der Waals surface area contributed by atoms with Gasteiger partial charge in [0.15, 0.2) is 34.6 Å². The lowest BCUT2D eigenvalue weighted by molar-refractivity contribution is -0.118. The van der Waals surface area contributed by atoms with Crippen molar-refractivity contribution in [2.24, 2.45) is 5.73 Å². The van der Waals surface area contributed by atoms with Crippen molar-refractivity contribution < 1.29 is 33.3 Å². The summed E-state index contributed by atoms with van der Waals surface area (Å²) < 4.78 is 32.1. The first-order valence-corrected chi connectivity index (χ1v) is 12.7. The van der Waals surface area contributed by atoms with Crippen LogP contribution >= 0.6 is 0 Å². The number of aromatic hydroxyl groups is 1. The number of phenols is 1. The Morgan fingerprint density at radius 3 is 2.39 bits per heavy atom. The largest absolute Gasteiger partial charge is 0.504 e. The number of Topliss-reactive ketones (excluding diaryl/α,β-unsaturated/α-hetero) is 1. The molecule has 0 radical (unpaired) electrons. The Morgan fingerprint density at radius 1 is 1.11 bits per heavy atom. The van der Waals surface area contributed by atoms with Crippen LogP contribution in [0, 0.1) is 11.2 Å². The van der Waals surface area contributed by atoms with Gasteiger partial charge in [0.25, 0.3) is 0 Å². The third kappa shape index (κ3) is 6.17. The van der Waals surface area contributed by atoms with E-state index >= 15 is 4.39 Å². The van der Waals surface area contributed by atoms with Crippen LogP contribution in [0.25, 0.3) is 0 Å². The van der Waals surface area contributed by atoms with Crippen LogP contribution in [0.1, 0.15) is 74.5 Å². The summed E-state index contributed by atoms with van der Waals surface area (Å²) in [5, 5.41) is 19.4. The number of halogens is 1. The number of amidine groups is 1. The van der Waals surface area contributed by atoms with E-state index in [1.807, 2.05) is 20.8 Å². The monoisotopic (exact) mass is 529 g/mol.